The van der Waals surface area contributed by atoms with Crippen LogP contribution in [0.25, 0.3) is 0 Å². The van der Waals surface area contributed by atoms with Crippen molar-refractivity contribution in [3.63, 3.8) is 0 Å². The Bertz CT molecular complexity index is 285. The number of carbonyl (C=O) groups is 1. The topological polar surface area (TPSA) is 48.4 Å². The monoisotopic (exact) mass is 167 g/mol. The standard InChI is InChI=1S/C8H9NO3/c1-11-7-3-6(4-9-5-7)8(10)12-2/h3-5H,1-2H3. The van der Waals surface area contributed by atoms with Crippen LogP contribution in [0.4, 0.5) is 0 Å². The van der Waals surface area contributed by atoms with Gasteiger partial charge in [0.25, 0.3) is 0 Å². The number of hydrogen-bond donors (Lipinski definition) is 0. The molecule has 1 aromatic rings. The molecule has 0 fully saturated rings. The number of rotatable bonds is 2. The molecule has 0 N–H and O–H groups in total. The van der Waals surface area contributed by atoms with Crippen molar-refractivity contribution in [1.29, 1.82) is 0 Å². The molecule has 0 aliphatic rings. The number of aromatic nitrogens is 1. The molecular formula is C8H9NO3. The lowest BCUT2D eigenvalue weighted by Gasteiger charge is -2.00. The third-order valence-electron chi connectivity index (χ3n) is 1.37. The Morgan fingerprint density at radius 2 is 2.17 bits per heavy atom. The molecule has 0 saturated carbocycles. The van der Waals surface area contributed by atoms with Gasteiger partial charge in [0.2, 0.25) is 0 Å². The third kappa shape index (κ3) is 1.72. The van der Waals surface area contributed by atoms with Gasteiger partial charge in [-0.15, -0.1) is 0 Å². The summed E-state index contributed by atoms with van der Waals surface area (Å²) in [6.45, 7) is 0. The highest BCUT2D eigenvalue weighted by atomic mass is 16.5. The van der Waals surface area contributed by atoms with Crippen molar-refractivity contribution in [2.75, 3.05) is 14.2 Å². The molecule has 4 nitrogen and oxygen atoms in total. The first-order chi connectivity index (χ1) is 5.77. The number of pyridine rings is 1. The number of hydrogen-bond acceptors (Lipinski definition) is 4. The first-order valence-electron chi connectivity index (χ1n) is 3.35. The van der Waals surface area contributed by atoms with Gasteiger partial charge in [-0.2, -0.15) is 0 Å². The highest BCUT2D eigenvalue weighted by molar-refractivity contribution is 5.89. The van der Waals surface area contributed by atoms with Crippen molar-refractivity contribution >= 4 is 5.97 Å². The molecule has 0 bridgehead atoms. The number of carbonyl (C=O) groups excluding carboxylic acids is 1. The summed E-state index contributed by atoms with van der Waals surface area (Å²) >= 11 is 0. The van der Waals surface area contributed by atoms with Crippen LogP contribution in [0.2, 0.25) is 0 Å². The van der Waals surface area contributed by atoms with Crippen LogP contribution < -0.4 is 4.74 Å². The lowest BCUT2D eigenvalue weighted by Crippen LogP contribution is -2.01. The molecule has 1 heterocycles. The zero-order valence-corrected chi connectivity index (χ0v) is 6.90. The van der Waals surface area contributed by atoms with E-state index in [1.807, 2.05) is 0 Å². The maximum absolute atomic E-state index is 11.0. The molecule has 0 spiro atoms. The number of ether oxygens (including phenoxy) is 2. The van der Waals surface area contributed by atoms with Crippen molar-refractivity contribution in [1.82, 2.24) is 4.98 Å². The van der Waals surface area contributed by atoms with Crippen molar-refractivity contribution < 1.29 is 14.3 Å². The molecule has 0 aliphatic heterocycles. The Hall–Kier alpha value is -1.58. The van der Waals surface area contributed by atoms with Gasteiger partial charge >= 0.3 is 5.97 Å². The SMILES string of the molecule is COC(=O)c1cncc(OC)c1. The summed E-state index contributed by atoms with van der Waals surface area (Å²) in [5.41, 5.74) is 0.386. The van der Waals surface area contributed by atoms with Gasteiger partial charge in [-0.25, -0.2) is 4.79 Å². The lowest BCUT2D eigenvalue weighted by atomic mass is 10.3. The fraction of sp³-hybridized carbons (Fsp3) is 0.250. The van der Waals surface area contributed by atoms with E-state index in [2.05, 4.69) is 9.72 Å². The molecule has 0 aromatic carbocycles. The zero-order valence-electron chi connectivity index (χ0n) is 6.90. The lowest BCUT2D eigenvalue weighted by molar-refractivity contribution is 0.0600. The van der Waals surface area contributed by atoms with Crippen molar-refractivity contribution in [2.45, 2.75) is 0 Å². The molecule has 0 aliphatic carbocycles. The average Bonchev–Trinajstić information content (AvgIpc) is 2.17. The van der Waals surface area contributed by atoms with Gasteiger partial charge in [0.05, 0.1) is 26.0 Å². The molecule has 0 unspecified atom stereocenters. The fourth-order valence-corrected chi connectivity index (χ4v) is 0.760. The van der Waals surface area contributed by atoms with Gasteiger partial charge in [0.15, 0.2) is 0 Å². The van der Waals surface area contributed by atoms with Crippen LogP contribution in [0.1, 0.15) is 10.4 Å². The van der Waals surface area contributed by atoms with Crippen molar-refractivity contribution in [2.24, 2.45) is 0 Å². The van der Waals surface area contributed by atoms with Crippen LogP contribution in [-0.2, 0) is 4.74 Å². The van der Waals surface area contributed by atoms with Gasteiger partial charge < -0.3 is 9.47 Å². The van der Waals surface area contributed by atoms with E-state index >= 15 is 0 Å². The molecular weight excluding hydrogens is 158 g/mol. The van der Waals surface area contributed by atoms with Crippen molar-refractivity contribution in [3.05, 3.63) is 24.0 Å². The van der Waals surface area contributed by atoms with Gasteiger partial charge in [-0.05, 0) is 6.07 Å². The minimum atomic E-state index is -0.415. The predicted molar refractivity (Wildman–Crippen MR) is 42.1 cm³/mol. The van der Waals surface area contributed by atoms with E-state index in [4.69, 9.17) is 4.74 Å². The minimum absolute atomic E-state index is 0.386. The number of nitrogens with zero attached hydrogens (tertiary/aromatic N) is 1. The van der Waals surface area contributed by atoms with Crippen LogP contribution in [0.15, 0.2) is 18.5 Å². The highest BCUT2D eigenvalue weighted by Crippen LogP contribution is 2.10. The second kappa shape index (κ2) is 3.71. The first kappa shape index (κ1) is 8.52. The smallest absolute Gasteiger partial charge is 0.339 e. The Morgan fingerprint density at radius 1 is 1.42 bits per heavy atom. The Balaban J connectivity index is 2.93. The second-order valence-electron chi connectivity index (χ2n) is 2.11. The Labute approximate surface area is 70.1 Å². The van der Waals surface area contributed by atoms with Gasteiger partial charge in [0.1, 0.15) is 5.75 Å². The molecule has 0 amide bonds. The number of methoxy groups -OCH3 is 2. The largest absolute Gasteiger partial charge is 0.495 e. The molecule has 0 atom stereocenters. The van der Waals surface area contributed by atoms with E-state index in [9.17, 15) is 4.79 Å². The maximum Gasteiger partial charge on any atom is 0.339 e. The van der Waals surface area contributed by atoms with E-state index in [1.54, 1.807) is 6.07 Å². The van der Waals surface area contributed by atoms with E-state index in [-0.39, 0.29) is 0 Å². The van der Waals surface area contributed by atoms with Gasteiger partial charge in [-0.1, -0.05) is 0 Å². The Kier molecular flexibility index (Phi) is 2.63. The van der Waals surface area contributed by atoms with Crippen molar-refractivity contribution in [3.8, 4) is 5.75 Å². The fourth-order valence-electron chi connectivity index (χ4n) is 0.760. The molecule has 4 heteroatoms. The first-order valence-corrected chi connectivity index (χ1v) is 3.35. The summed E-state index contributed by atoms with van der Waals surface area (Å²) in [4.78, 5) is 14.8. The van der Waals surface area contributed by atoms with Gasteiger partial charge in [0, 0.05) is 6.20 Å². The number of esters is 1. The highest BCUT2D eigenvalue weighted by Gasteiger charge is 2.05. The summed E-state index contributed by atoms with van der Waals surface area (Å²) in [5, 5.41) is 0. The molecule has 0 radical (unpaired) electrons. The van der Waals surface area contributed by atoms with E-state index in [0.717, 1.165) is 0 Å². The quantitative estimate of drug-likeness (QED) is 0.613. The van der Waals surface area contributed by atoms with Crippen LogP contribution >= 0.6 is 0 Å². The van der Waals surface area contributed by atoms with Crippen LogP contribution in [0, 0.1) is 0 Å². The van der Waals surface area contributed by atoms with E-state index < -0.39 is 5.97 Å². The maximum atomic E-state index is 11.0. The Morgan fingerprint density at radius 3 is 2.75 bits per heavy atom. The molecule has 64 valence electrons. The molecule has 1 aromatic heterocycles. The molecule has 12 heavy (non-hydrogen) atoms. The minimum Gasteiger partial charge on any atom is -0.495 e. The summed E-state index contributed by atoms with van der Waals surface area (Å²) in [6, 6.07) is 1.57. The van der Waals surface area contributed by atoms with E-state index in [0.29, 0.717) is 11.3 Å². The van der Waals surface area contributed by atoms with E-state index in [1.165, 1.54) is 26.6 Å². The summed E-state index contributed by atoms with van der Waals surface area (Å²) in [5.74, 6) is 0.124. The van der Waals surface area contributed by atoms with Crippen LogP contribution in [0.3, 0.4) is 0 Å². The van der Waals surface area contributed by atoms with Crippen LogP contribution in [0.5, 0.6) is 5.75 Å². The molecule has 1 rings (SSSR count). The van der Waals surface area contributed by atoms with Crippen LogP contribution in [-0.4, -0.2) is 25.2 Å². The third-order valence-corrected chi connectivity index (χ3v) is 1.37. The summed E-state index contributed by atoms with van der Waals surface area (Å²) < 4.78 is 9.38. The normalized spacial score (nSPS) is 9.17. The summed E-state index contributed by atoms with van der Waals surface area (Å²) in [7, 11) is 2.83. The van der Waals surface area contributed by atoms with Gasteiger partial charge in [-0.3, -0.25) is 4.98 Å². The second-order valence-corrected chi connectivity index (χ2v) is 2.11. The average molecular weight is 167 g/mol. The zero-order chi connectivity index (χ0) is 8.97. The molecule has 0 saturated heterocycles. The summed E-state index contributed by atoms with van der Waals surface area (Å²) in [6.07, 6.45) is 2.95. The predicted octanol–water partition coefficient (Wildman–Crippen LogP) is 0.877.